The van der Waals surface area contributed by atoms with Crippen LogP contribution in [0.2, 0.25) is 0 Å². The fourth-order valence-corrected chi connectivity index (χ4v) is 2.55. The number of urea groups is 1. The lowest BCUT2D eigenvalue weighted by Gasteiger charge is -2.22. The Balaban J connectivity index is 1.59. The first-order valence-electron chi connectivity index (χ1n) is 7.69. The van der Waals surface area contributed by atoms with Crippen molar-refractivity contribution >= 4 is 17.7 Å². The van der Waals surface area contributed by atoms with Crippen LogP contribution in [0, 0.1) is 5.82 Å². The summed E-state index contributed by atoms with van der Waals surface area (Å²) in [5.41, 5.74) is 0. The molecule has 0 aliphatic carbocycles. The predicted molar refractivity (Wildman–Crippen MR) is 87.5 cm³/mol. The lowest BCUT2D eigenvalue weighted by atomic mass is 10.3. The number of pyridine rings is 2. The van der Waals surface area contributed by atoms with Gasteiger partial charge in [0.2, 0.25) is 0 Å². The van der Waals surface area contributed by atoms with E-state index in [-0.39, 0.29) is 17.6 Å². The standard InChI is InChI=1S/C16H18FN5O2/c17-12-2-5-15(19-10-12)21-6-1-7-22(9-8-21)16(24)20-14-4-3-13(23)11-18-14/h2-5,10-11,23H,1,6-9H2,(H,18,20,24). The smallest absolute Gasteiger partial charge is 0.323 e. The van der Waals surface area contributed by atoms with Crippen LogP contribution in [-0.2, 0) is 0 Å². The minimum atomic E-state index is -0.365. The highest BCUT2D eigenvalue weighted by Crippen LogP contribution is 2.15. The van der Waals surface area contributed by atoms with Crippen molar-refractivity contribution in [3.05, 3.63) is 42.5 Å². The molecule has 1 saturated heterocycles. The summed E-state index contributed by atoms with van der Waals surface area (Å²) in [5, 5.41) is 11.9. The molecule has 0 atom stereocenters. The number of rotatable bonds is 2. The molecule has 2 N–H and O–H groups in total. The number of nitrogens with zero attached hydrogens (tertiary/aromatic N) is 4. The largest absolute Gasteiger partial charge is 0.506 e. The van der Waals surface area contributed by atoms with Gasteiger partial charge < -0.3 is 14.9 Å². The Bertz CT molecular complexity index is 693. The molecular formula is C16H18FN5O2. The van der Waals surface area contributed by atoms with Crippen molar-refractivity contribution in [2.45, 2.75) is 6.42 Å². The lowest BCUT2D eigenvalue weighted by Crippen LogP contribution is -2.38. The zero-order valence-corrected chi connectivity index (χ0v) is 13.0. The second-order valence-electron chi connectivity index (χ2n) is 5.49. The number of aromatic nitrogens is 2. The summed E-state index contributed by atoms with van der Waals surface area (Å²) < 4.78 is 13.0. The molecule has 0 spiro atoms. The molecule has 8 heteroatoms. The van der Waals surface area contributed by atoms with Crippen molar-refractivity contribution in [3.8, 4) is 5.75 Å². The number of anilines is 2. The molecule has 3 heterocycles. The normalized spacial score (nSPS) is 15.0. The Kier molecular flexibility index (Phi) is 4.74. The molecule has 3 rings (SSSR count). The summed E-state index contributed by atoms with van der Waals surface area (Å²) in [4.78, 5) is 24.1. The Hall–Kier alpha value is -2.90. The maximum Gasteiger partial charge on any atom is 0.323 e. The van der Waals surface area contributed by atoms with Crippen LogP contribution in [0.3, 0.4) is 0 Å². The number of carbonyl (C=O) groups excluding carboxylic acids is 1. The van der Waals surface area contributed by atoms with Crippen LogP contribution in [0.5, 0.6) is 5.75 Å². The van der Waals surface area contributed by atoms with Crippen molar-refractivity contribution in [2.24, 2.45) is 0 Å². The molecule has 1 aliphatic heterocycles. The number of aromatic hydroxyl groups is 1. The summed E-state index contributed by atoms with van der Waals surface area (Å²) in [7, 11) is 0. The molecule has 7 nitrogen and oxygen atoms in total. The Morgan fingerprint density at radius 1 is 1.08 bits per heavy atom. The number of nitrogens with one attached hydrogen (secondary N) is 1. The van der Waals surface area contributed by atoms with Gasteiger partial charge in [-0.15, -0.1) is 0 Å². The van der Waals surface area contributed by atoms with E-state index in [2.05, 4.69) is 15.3 Å². The summed E-state index contributed by atoms with van der Waals surface area (Å²) in [6, 6.07) is 5.80. The van der Waals surface area contributed by atoms with E-state index in [1.807, 2.05) is 4.90 Å². The van der Waals surface area contributed by atoms with E-state index >= 15 is 0 Å². The van der Waals surface area contributed by atoms with Crippen molar-refractivity contribution in [1.82, 2.24) is 14.9 Å². The van der Waals surface area contributed by atoms with Gasteiger partial charge in [0.05, 0.1) is 12.4 Å². The number of halogens is 1. The molecule has 2 aromatic heterocycles. The lowest BCUT2D eigenvalue weighted by molar-refractivity contribution is 0.215. The first kappa shape index (κ1) is 16.0. The van der Waals surface area contributed by atoms with Gasteiger partial charge in [-0.05, 0) is 30.7 Å². The molecule has 24 heavy (non-hydrogen) atoms. The Morgan fingerprint density at radius 3 is 2.67 bits per heavy atom. The molecule has 0 radical (unpaired) electrons. The van der Waals surface area contributed by atoms with E-state index in [4.69, 9.17) is 0 Å². The van der Waals surface area contributed by atoms with Crippen LogP contribution in [0.15, 0.2) is 36.7 Å². The van der Waals surface area contributed by atoms with E-state index in [9.17, 15) is 14.3 Å². The summed E-state index contributed by atoms with van der Waals surface area (Å²) in [6.45, 7) is 2.51. The average Bonchev–Trinajstić information content (AvgIpc) is 2.84. The van der Waals surface area contributed by atoms with E-state index in [1.54, 1.807) is 17.0 Å². The zero-order valence-electron chi connectivity index (χ0n) is 13.0. The molecule has 0 unspecified atom stereocenters. The third-order valence-corrected chi connectivity index (χ3v) is 3.80. The van der Waals surface area contributed by atoms with Gasteiger partial charge >= 0.3 is 6.03 Å². The maximum atomic E-state index is 13.0. The van der Waals surface area contributed by atoms with Gasteiger partial charge in [0.1, 0.15) is 23.2 Å². The molecule has 2 amide bonds. The third-order valence-electron chi connectivity index (χ3n) is 3.80. The van der Waals surface area contributed by atoms with Gasteiger partial charge in [0.25, 0.3) is 0 Å². The fourth-order valence-electron chi connectivity index (χ4n) is 2.55. The molecule has 0 saturated carbocycles. The van der Waals surface area contributed by atoms with Crippen LogP contribution in [0.4, 0.5) is 20.8 Å². The van der Waals surface area contributed by atoms with E-state index < -0.39 is 0 Å². The van der Waals surface area contributed by atoms with Crippen molar-refractivity contribution in [3.63, 3.8) is 0 Å². The molecular weight excluding hydrogens is 313 g/mol. The van der Waals surface area contributed by atoms with Gasteiger partial charge in [-0.3, -0.25) is 5.32 Å². The topological polar surface area (TPSA) is 81.6 Å². The summed E-state index contributed by atoms with van der Waals surface area (Å²) >= 11 is 0. The summed E-state index contributed by atoms with van der Waals surface area (Å²) in [5.74, 6) is 0.777. The number of carbonyl (C=O) groups is 1. The zero-order chi connectivity index (χ0) is 16.9. The molecule has 1 aliphatic rings. The quantitative estimate of drug-likeness (QED) is 0.880. The van der Waals surface area contributed by atoms with E-state index in [1.165, 1.54) is 24.5 Å². The minimum Gasteiger partial charge on any atom is -0.506 e. The second-order valence-corrected chi connectivity index (χ2v) is 5.49. The molecule has 1 fully saturated rings. The summed E-state index contributed by atoms with van der Waals surface area (Å²) in [6.07, 6.45) is 3.26. The first-order chi connectivity index (χ1) is 11.6. The fraction of sp³-hybridized carbons (Fsp3) is 0.312. The Labute approximate surface area is 138 Å². The minimum absolute atomic E-state index is 0.0465. The first-order valence-corrected chi connectivity index (χ1v) is 7.69. The molecule has 2 aromatic rings. The van der Waals surface area contributed by atoms with Crippen LogP contribution < -0.4 is 10.2 Å². The van der Waals surface area contributed by atoms with Crippen LogP contribution in [0.25, 0.3) is 0 Å². The van der Waals surface area contributed by atoms with Crippen molar-refractivity contribution < 1.29 is 14.3 Å². The SMILES string of the molecule is O=C(Nc1ccc(O)cn1)N1CCCN(c2ccc(F)cn2)CC1. The highest BCUT2D eigenvalue weighted by Gasteiger charge is 2.20. The van der Waals surface area contributed by atoms with Gasteiger partial charge in [-0.2, -0.15) is 0 Å². The highest BCUT2D eigenvalue weighted by atomic mass is 19.1. The van der Waals surface area contributed by atoms with Gasteiger partial charge in [0.15, 0.2) is 0 Å². The number of hydrogen-bond donors (Lipinski definition) is 2. The van der Waals surface area contributed by atoms with Gasteiger partial charge in [-0.1, -0.05) is 0 Å². The van der Waals surface area contributed by atoms with Crippen molar-refractivity contribution in [2.75, 3.05) is 36.4 Å². The monoisotopic (exact) mass is 331 g/mol. The highest BCUT2D eigenvalue weighted by molar-refractivity contribution is 5.88. The molecule has 0 aromatic carbocycles. The molecule has 126 valence electrons. The third kappa shape index (κ3) is 3.89. The number of hydrogen-bond acceptors (Lipinski definition) is 5. The van der Waals surface area contributed by atoms with Crippen molar-refractivity contribution in [1.29, 1.82) is 0 Å². The van der Waals surface area contributed by atoms with Crippen LogP contribution in [0.1, 0.15) is 6.42 Å². The average molecular weight is 331 g/mol. The Morgan fingerprint density at radius 2 is 1.96 bits per heavy atom. The number of amides is 2. The van der Waals surface area contributed by atoms with E-state index in [0.717, 1.165) is 13.0 Å². The van der Waals surface area contributed by atoms with Gasteiger partial charge in [-0.25, -0.2) is 19.2 Å². The van der Waals surface area contributed by atoms with E-state index in [0.29, 0.717) is 31.3 Å². The predicted octanol–water partition coefficient (Wildman–Crippen LogP) is 2.07. The molecule has 0 bridgehead atoms. The second kappa shape index (κ2) is 7.12. The van der Waals surface area contributed by atoms with Gasteiger partial charge in [0, 0.05) is 26.2 Å². The van der Waals surface area contributed by atoms with Crippen LogP contribution >= 0.6 is 0 Å². The maximum absolute atomic E-state index is 13.0. The van der Waals surface area contributed by atoms with Crippen LogP contribution in [-0.4, -0.2) is 52.2 Å².